The second-order valence-corrected chi connectivity index (χ2v) is 8.84. The van der Waals surface area contributed by atoms with E-state index in [-0.39, 0.29) is 7.47 Å². The molecule has 0 bridgehead atoms. The number of esters is 1. The topological polar surface area (TPSA) is 67.5 Å². The molecule has 0 saturated heterocycles. The van der Waals surface area contributed by atoms with Crippen LogP contribution < -0.4 is 9.64 Å². The smallest absolute Gasteiger partial charge is 0.357 e. The number of carbonyl (C=O) groups excluding carboxylic acids is 1. The van der Waals surface area contributed by atoms with Crippen LogP contribution in [-0.2, 0) is 11.2 Å². The maximum atomic E-state index is 12.2. The molecule has 3 heterocycles. The zero-order valence-electron chi connectivity index (χ0n) is 17.7. The molecule has 1 unspecified atom stereocenters. The summed E-state index contributed by atoms with van der Waals surface area (Å²) in [4.78, 5) is 22.7. The standard InChI is InChI=1S/C24H22ClN3O3S.H2/c1-3-31-23(29)20-13-32-24(27-20)28-11-10-17-18-12-15(25)6-9-19(18)26-21(17)22(28)14-4-7-16(30-2)8-5-14;/h4-9,12-13,22,26H,3,10-11H2,1-2H3;1H. The van der Waals surface area contributed by atoms with Gasteiger partial charge in [-0.25, -0.2) is 9.78 Å². The number of nitrogens with zero attached hydrogens (tertiary/aromatic N) is 2. The summed E-state index contributed by atoms with van der Waals surface area (Å²) in [7, 11) is 1.66. The monoisotopic (exact) mass is 469 g/mol. The zero-order valence-corrected chi connectivity index (χ0v) is 19.3. The normalized spacial score (nSPS) is 15.6. The number of halogens is 1. The third kappa shape index (κ3) is 3.61. The van der Waals surface area contributed by atoms with Gasteiger partial charge in [0, 0.05) is 35.0 Å². The number of thiazole rings is 1. The Morgan fingerprint density at radius 3 is 2.88 bits per heavy atom. The summed E-state index contributed by atoms with van der Waals surface area (Å²) >= 11 is 7.75. The minimum absolute atomic E-state index is 0. The van der Waals surface area contributed by atoms with E-state index in [0.717, 1.165) is 51.0 Å². The SMILES string of the molecule is CCOC(=O)c1csc(N2CCc3c([nH]c4ccc(Cl)cc34)C2c2ccc(OC)cc2)n1.[HH]. The van der Waals surface area contributed by atoms with Gasteiger partial charge >= 0.3 is 5.97 Å². The number of anilines is 1. The van der Waals surface area contributed by atoms with Crippen molar-refractivity contribution in [2.75, 3.05) is 25.2 Å². The van der Waals surface area contributed by atoms with E-state index in [4.69, 9.17) is 21.1 Å². The lowest BCUT2D eigenvalue weighted by atomic mass is 9.92. The molecule has 1 aliphatic heterocycles. The highest BCUT2D eigenvalue weighted by Gasteiger charge is 2.33. The van der Waals surface area contributed by atoms with E-state index in [2.05, 4.69) is 27.0 Å². The molecule has 1 atom stereocenters. The van der Waals surface area contributed by atoms with Crippen LogP contribution in [0.25, 0.3) is 10.9 Å². The fourth-order valence-corrected chi connectivity index (χ4v) is 5.32. The number of aromatic amines is 1. The third-order valence-electron chi connectivity index (χ3n) is 5.74. The number of aromatic nitrogens is 2. The van der Waals surface area contributed by atoms with Crippen LogP contribution in [0.15, 0.2) is 47.8 Å². The lowest BCUT2D eigenvalue weighted by molar-refractivity contribution is 0.0520. The van der Waals surface area contributed by atoms with Crippen molar-refractivity contribution in [1.29, 1.82) is 0 Å². The van der Waals surface area contributed by atoms with E-state index >= 15 is 0 Å². The van der Waals surface area contributed by atoms with Crippen LogP contribution in [0.4, 0.5) is 5.13 Å². The van der Waals surface area contributed by atoms with Crippen molar-refractivity contribution in [2.45, 2.75) is 19.4 Å². The number of nitrogens with one attached hydrogen (secondary N) is 1. The van der Waals surface area contributed by atoms with Crippen LogP contribution in [0.2, 0.25) is 5.02 Å². The van der Waals surface area contributed by atoms with Gasteiger partial charge in [0.05, 0.1) is 19.8 Å². The molecule has 4 aromatic rings. The molecule has 0 radical (unpaired) electrons. The molecule has 32 heavy (non-hydrogen) atoms. The van der Waals surface area contributed by atoms with Crippen molar-refractivity contribution in [3.8, 4) is 5.75 Å². The molecule has 0 aliphatic carbocycles. The highest BCUT2D eigenvalue weighted by atomic mass is 35.5. The summed E-state index contributed by atoms with van der Waals surface area (Å²) in [6.45, 7) is 2.88. The number of H-pyrrole nitrogens is 1. The number of ether oxygens (including phenoxy) is 2. The van der Waals surface area contributed by atoms with Crippen LogP contribution in [0.3, 0.4) is 0 Å². The van der Waals surface area contributed by atoms with Crippen LogP contribution in [0.1, 0.15) is 41.7 Å². The summed E-state index contributed by atoms with van der Waals surface area (Å²) in [6.07, 6.45) is 0.844. The molecule has 0 fully saturated rings. The number of methoxy groups -OCH3 is 1. The van der Waals surface area contributed by atoms with Crippen molar-refractivity contribution in [3.05, 3.63) is 75.4 Å². The van der Waals surface area contributed by atoms with Gasteiger partial charge < -0.3 is 19.4 Å². The predicted octanol–water partition coefficient (Wildman–Crippen LogP) is 5.86. The van der Waals surface area contributed by atoms with Crippen molar-refractivity contribution in [1.82, 2.24) is 9.97 Å². The summed E-state index contributed by atoms with van der Waals surface area (Å²) < 4.78 is 10.5. The highest BCUT2D eigenvalue weighted by molar-refractivity contribution is 7.13. The molecular formula is C24H24ClN3O3S. The van der Waals surface area contributed by atoms with Gasteiger partial charge in [0.1, 0.15) is 5.75 Å². The Labute approximate surface area is 196 Å². The van der Waals surface area contributed by atoms with Crippen LogP contribution >= 0.6 is 22.9 Å². The summed E-state index contributed by atoms with van der Waals surface area (Å²) in [5.41, 5.74) is 4.89. The molecule has 6 nitrogen and oxygen atoms in total. The Hall–Kier alpha value is -3.03. The molecule has 5 rings (SSSR count). The van der Waals surface area contributed by atoms with Crippen LogP contribution in [0.5, 0.6) is 5.75 Å². The first kappa shape index (κ1) is 20.8. The first-order valence-corrected chi connectivity index (χ1v) is 11.7. The molecule has 1 N–H and O–H groups in total. The fraction of sp³-hybridized carbons (Fsp3) is 0.250. The van der Waals surface area contributed by atoms with Gasteiger partial charge in [-0.3, -0.25) is 0 Å². The second-order valence-electron chi connectivity index (χ2n) is 7.56. The number of carbonyl (C=O) groups is 1. The van der Waals surface area contributed by atoms with Crippen molar-refractivity contribution < 1.29 is 15.7 Å². The molecule has 0 saturated carbocycles. The quantitative estimate of drug-likeness (QED) is 0.371. The number of hydrogen-bond donors (Lipinski definition) is 1. The summed E-state index contributed by atoms with van der Waals surface area (Å²) in [5, 5.41) is 4.42. The minimum Gasteiger partial charge on any atom is -0.497 e. The lowest BCUT2D eigenvalue weighted by Gasteiger charge is -2.36. The van der Waals surface area contributed by atoms with Crippen LogP contribution in [-0.4, -0.2) is 36.2 Å². The predicted molar refractivity (Wildman–Crippen MR) is 129 cm³/mol. The van der Waals surface area contributed by atoms with E-state index in [0.29, 0.717) is 12.3 Å². The van der Waals surface area contributed by atoms with Crippen LogP contribution in [0, 0.1) is 0 Å². The number of benzene rings is 2. The van der Waals surface area contributed by atoms with Crippen molar-refractivity contribution >= 4 is 44.9 Å². The molecule has 8 heteroatoms. The van der Waals surface area contributed by atoms with Gasteiger partial charge in [0.25, 0.3) is 0 Å². The first-order valence-electron chi connectivity index (χ1n) is 10.4. The Bertz CT molecular complexity index is 1290. The summed E-state index contributed by atoms with van der Waals surface area (Å²) in [6, 6.07) is 13.9. The Morgan fingerprint density at radius 2 is 2.12 bits per heavy atom. The summed E-state index contributed by atoms with van der Waals surface area (Å²) in [5.74, 6) is 0.410. The lowest BCUT2D eigenvalue weighted by Crippen LogP contribution is -2.36. The van der Waals surface area contributed by atoms with E-state index in [1.807, 2.05) is 30.3 Å². The fourth-order valence-electron chi connectivity index (χ4n) is 4.29. The number of rotatable bonds is 5. The van der Waals surface area contributed by atoms with E-state index < -0.39 is 5.97 Å². The van der Waals surface area contributed by atoms with Gasteiger partial charge in [-0.2, -0.15) is 0 Å². The van der Waals surface area contributed by atoms with Gasteiger partial charge in [-0.1, -0.05) is 23.7 Å². The zero-order chi connectivity index (χ0) is 22.2. The third-order valence-corrected chi connectivity index (χ3v) is 6.86. The van der Waals surface area contributed by atoms with Gasteiger partial charge in [-0.15, -0.1) is 11.3 Å². The van der Waals surface area contributed by atoms with Gasteiger partial charge in [-0.05, 0) is 54.8 Å². The first-order chi connectivity index (χ1) is 15.6. The average molecular weight is 470 g/mol. The second kappa shape index (κ2) is 8.48. The van der Waals surface area contributed by atoms with Crippen molar-refractivity contribution in [3.63, 3.8) is 0 Å². The van der Waals surface area contributed by atoms with E-state index in [1.54, 1.807) is 19.4 Å². The van der Waals surface area contributed by atoms with E-state index in [9.17, 15) is 4.79 Å². The average Bonchev–Trinajstić information content (AvgIpc) is 3.44. The minimum atomic E-state index is -0.394. The molecular weight excluding hydrogens is 446 g/mol. The number of fused-ring (bicyclic) bond motifs is 3. The molecule has 0 spiro atoms. The van der Waals surface area contributed by atoms with Crippen molar-refractivity contribution in [2.24, 2.45) is 0 Å². The maximum Gasteiger partial charge on any atom is 0.357 e. The van der Waals surface area contributed by atoms with Gasteiger partial charge in [0.2, 0.25) is 0 Å². The molecule has 0 amide bonds. The van der Waals surface area contributed by atoms with Gasteiger partial charge in [0.15, 0.2) is 10.8 Å². The number of hydrogen-bond acceptors (Lipinski definition) is 6. The molecule has 2 aromatic heterocycles. The molecule has 1 aliphatic rings. The van der Waals surface area contributed by atoms with E-state index in [1.165, 1.54) is 16.9 Å². The maximum absolute atomic E-state index is 12.2. The Balaban J connectivity index is 0.00000259. The molecule has 2 aromatic carbocycles. The Kier molecular flexibility index (Phi) is 5.53. The molecule has 166 valence electrons. The highest BCUT2D eigenvalue weighted by Crippen LogP contribution is 2.42. The largest absolute Gasteiger partial charge is 0.497 e. The Morgan fingerprint density at radius 1 is 1.31 bits per heavy atom.